The number of aromatic nitrogens is 3. The maximum absolute atomic E-state index is 15.1. The Bertz CT molecular complexity index is 1590. The minimum absolute atomic E-state index is 0.0627. The average Bonchev–Trinajstić information content (AvgIpc) is 3.43. The molecular weight excluding hydrogens is 577 g/mol. The van der Waals surface area contributed by atoms with Crippen molar-refractivity contribution in [1.29, 1.82) is 0 Å². The summed E-state index contributed by atoms with van der Waals surface area (Å²) >= 11 is 6.23. The fourth-order valence-corrected chi connectivity index (χ4v) is 5.53. The molecule has 44 heavy (non-hydrogen) atoms. The highest BCUT2D eigenvalue weighted by Gasteiger charge is 2.18. The third-order valence-corrected chi connectivity index (χ3v) is 7.76. The lowest BCUT2D eigenvalue weighted by atomic mass is 10.0. The number of halogens is 2. The van der Waals surface area contributed by atoms with Crippen LogP contribution in [0.2, 0.25) is 5.02 Å². The Morgan fingerprint density at radius 2 is 1.91 bits per heavy atom. The van der Waals surface area contributed by atoms with Gasteiger partial charge in [-0.25, -0.2) is 9.18 Å². The topological polar surface area (TPSA) is 118 Å². The number of aromatic amines is 1. The highest BCUT2D eigenvalue weighted by molar-refractivity contribution is 6.31. The van der Waals surface area contributed by atoms with Gasteiger partial charge in [0.2, 0.25) is 0 Å². The van der Waals surface area contributed by atoms with E-state index in [9.17, 15) is 4.79 Å². The summed E-state index contributed by atoms with van der Waals surface area (Å²) in [5.74, 6) is 0.0994. The van der Waals surface area contributed by atoms with E-state index in [0.717, 1.165) is 50.6 Å². The van der Waals surface area contributed by atoms with Crippen molar-refractivity contribution in [2.24, 2.45) is 16.5 Å². The lowest BCUT2D eigenvalue weighted by molar-refractivity contribution is 0.230. The molecule has 10 heteroatoms. The predicted octanol–water partition coefficient (Wildman–Crippen LogP) is 6.80. The van der Waals surface area contributed by atoms with E-state index in [0.29, 0.717) is 46.9 Å². The maximum Gasteiger partial charge on any atom is 0.354 e. The van der Waals surface area contributed by atoms with E-state index in [4.69, 9.17) is 23.1 Å². The summed E-state index contributed by atoms with van der Waals surface area (Å²) in [5, 5.41) is 0.754. The zero-order chi connectivity index (χ0) is 32.2. The Hall–Kier alpha value is -3.79. The molecule has 2 aromatic heterocycles. The normalized spacial score (nSPS) is 12.4. The second-order valence-corrected chi connectivity index (χ2v) is 11.2. The molecule has 4 rings (SSSR count). The lowest BCUT2D eigenvalue weighted by Gasteiger charge is -2.28. The van der Waals surface area contributed by atoms with Gasteiger partial charge in [0.15, 0.2) is 5.82 Å². The van der Waals surface area contributed by atoms with Gasteiger partial charge in [0, 0.05) is 36.3 Å². The standard InChI is InChI=1S/C32H41ClFN7O.C2H4/c1-4-8-29(40(3)16-7-15-37-21(2)36)23-10-12-25(13-11-23)41-20-24-19-28(38-31(24)39-32(41)42)26-17-22(9-5-6-14-35)18-27(33)30(26)34;1-2/h10-13,17-20,29H,4-9,14-16,35H2,1-3H3,(H2,36,37)(H,38,39,42);1-2H2. The van der Waals surface area contributed by atoms with Crippen molar-refractivity contribution >= 4 is 28.5 Å². The Kier molecular flexibility index (Phi) is 13.3. The highest BCUT2D eigenvalue weighted by atomic mass is 35.5. The number of unbranched alkanes of at least 4 members (excludes halogenated alkanes) is 1. The van der Waals surface area contributed by atoms with Gasteiger partial charge in [0.1, 0.15) is 5.65 Å². The van der Waals surface area contributed by atoms with Crippen LogP contribution in [0.1, 0.15) is 63.1 Å². The van der Waals surface area contributed by atoms with Gasteiger partial charge < -0.3 is 16.5 Å². The maximum atomic E-state index is 15.1. The molecule has 0 amide bonds. The molecule has 0 saturated heterocycles. The van der Waals surface area contributed by atoms with Crippen molar-refractivity contribution in [3.8, 4) is 16.9 Å². The second kappa shape index (κ2) is 16.9. The van der Waals surface area contributed by atoms with Crippen LogP contribution < -0.4 is 17.2 Å². The molecule has 8 nitrogen and oxygen atoms in total. The van der Waals surface area contributed by atoms with Crippen LogP contribution in [-0.2, 0) is 6.42 Å². The van der Waals surface area contributed by atoms with Crippen LogP contribution in [0.15, 0.2) is 71.6 Å². The number of fused-ring (bicyclic) bond motifs is 1. The van der Waals surface area contributed by atoms with Crippen LogP contribution in [0.25, 0.3) is 28.0 Å². The molecular formula is C34H45ClFN7O. The summed E-state index contributed by atoms with van der Waals surface area (Å²) in [5.41, 5.74) is 14.9. The minimum Gasteiger partial charge on any atom is -0.388 e. The molecule has 4 aromatic rings. The largest absolute Gasteiger partial charge is 0.388 e. The third kappa shape index (κ3) is 8.87. The number of aliphatic imine (C=N–C) groups is 1. The van der Waals surface area contributed by atoms with Gasteiger partial charge in [-0.3, -0.25) is 14.5 Å². The number of hydrogen-bond acceptors (Lipinski definition) is 5. The van der Waals surface area contributed by atoms with Crippen molar-refractivity contribution in [2.45, 2.75) is 58.4 Å². The number of rotatable bonds is 14. The molecule has 1 atom stereocenters. The van der Waals surface area contributed by atoms with Crippen molar-refractivity contribution in [1.82, 2.24) is 19.4 Å². The molecule has 0 aliphatic rings. The highest BCUT2D eigenvalue weighted by Crippen LogP contribution is 2.31. The SMILES string of the molecule is C=C.CCCC(c1ccc(-n2cc3cc(-c4cc(CCCCN)cc(Cl)c4F)[nH]c3nc2=O)cc1)N(C)CCCN=C(C)N. The summed E-state index contributed by atoms with van der Waals surface area (Å²) in [6, 6.07) is 13.5. The van der Waals surface area contributed by atoms with Crippen LogP contribution in [-0.4, -0.2) is 52.0 Å². The van der Waals surface area contributed by atoms with Gasteiger partial charge in [-0.05, 0) is 94.1 Å². The Balaban J connectivity index is 0.00000259. The van der Waals surface area contributed by atoms with Crippen LogP contribution in [0.3, 0.4) is 0 Å². The van der Waals surface area contributed by atoms with Crippen LogP contribution in [0.5, 0.6) is 0 Å². The number of H-pyrrole nitrogens is 1. The van der Waals surface area contributed by atoms with Gasteiger partial charge in [-0.15, -0.1) is 13.2 Å². The first kappa shape index (κ1) is 34.7. The van der Waals surface area contributed by atoms with Gasteiger partial charge in [-0.1, -0.05) is 37.1 Å². The fourth-order valence-electron chi connectivity index (χ4n) is 5.29. The van der Waals surface area contributed by atoms with Crippen LogP contribution in [0.4, 0.5) is 4.39 Å². The molecule has 0 spiro atoms. The molecule has 0 aliphatic carbocycles. The molecule has 2 heterocycles. The van der Waals surface area contributed by atoms with Crippen molar-refractivity contribution < 1.29 is 4.39 Å². The molecule has 5 N–H and O–H groups in total. The number of hydrogen-bond donors (Lipinski definition) is 3. The molecule has 236 valence electrons. The number of amidine groups is 1. The van der Waals surface area contributed by atoms with Gasteiger partial charge in [0.05, 0.1) is 22.2 Å². The number of nitrogens with one attached hydrogen (secondary N) is 1. The zero-order valence-corrected chi connectivity index (χ0v) is 26.8. The Labute approximate surface area is 264 Å². The molecule has 0 fully saturated rings. The monoisotopic (exact) mass is 621 g/mol. The summed E-state index contributed by atoms with van der Waals surface area (Å²) in [6.45, 7) is 12.2. The number of aryl methyl sites for hydroxylation is 1. The third-order valence-electron chi connectivity index (χ3n) is 7.49. The van der Waals surface area contributed by atoms with Crippen molar-refractivity contribution in [2.75, 3.05) is 26.7 Å². The molecule has 1 unspecified atom stereocenters. The molecule has 0 radical (unpaired) electrons. The summed E-state index contributed by atoms with van der Waals surface area (Å²) in [4.78, 5) is 27.0. The second-order valence-electron chi connectivity index (χ2n) is 10.8. The first-order valence-electron chi connectivity index (χ1n) is 15.1. The van der Waals surface area contributed by atoms with Gasteiger partial charge in [-0.2, -0.15) is 4.98 Å². The quantitative estimate of drug-likeness (QED) is 0.0619. The number of nitrogens with zero attached hydrogens (tertiary/aromatic N) is 4. The van der Waals surface area contributed by atoms with E-state index < -0.39 is 11.5 Å². The predicted molar refractivity (Wildman–Crippen MR) is 182 cm³/mol. The van der Waals surface area contributed by atoms with Gasteiger partial charge in [0.25, 0.3) is 0 Å². The van der Waals surface area contributed by atoms with Crippen LogP contribution >= 0.6 is 11.6 Å². The summed E-state index contributed by atoms with van der Waals surface area (Å²) in [6.07, 6.45) is 7.26. The number of nitrogens with two attached hydrogens (primary N) is 2. The fraction of sp³-hybridized carbons (Fsp3) is 0.382. The molecule has 2 aromatic carbocycles. The van der Waals surface area contributed by atoms with Crippen LogP contribution in [0, 0.1) is 5.82 Å². The first-order chi connectivity index (χ1) is 21.2. The lowest BCUT2D eigenvalue weighted by Crippen LogP contribution is -2.26. The average molecular weight is 622 g/mol. The first-order valence-corrected chi connectivity index (χ1v) is 15.5. The molecule has 0 aliphatic heterocycles. The zero-order valence-electron chi connectivity index (χ0n) is 26.1. The van der Waals surface area contributed by atoms with E-state index in [2.05, 4.69) is 59.1 Å². The number of benzene rings is 2. The van der Waals surface area contributed by atoms with E-state index in [1.165, 1.54) is 10.1 Å². The minimum atomic E-state index is -0.509. The molecule has 0 saturated carbocycles. The Morgan fingerprint density at radius 1 is 1.18 bits per heavy atom. The van der Waals surface area contributed by atoms with E-state index in [-0.39, 0.29) is 11.1 Å². The van der Waals surface area contributed by atoms with E-state index in [1.54, 1.807) is 31.3 Å². The summed E-state index contributed by atoms with van der Waals surface area (Å²) < 4.78 is 16.6. The van der Waals surface area contributed by atoms with E-state index in [1.807, 2.05) is 12.1 Å². The summed E-state index contributed by atoms with van der Waals surface area (Å²) in [7, 11) is 2.13. The van der Waals surface area contributed by atoms with E-state index >= 15 is 4.39 Å². The smallest absolute Gasteiger partial charge is 0.354 e. The van der Waals surface area contributed by atoms with Crippen molar-refractivity contribution in [3.63, 3.8) is 0 Å². The van der Waals surface area contributed by atoms with Gasteiger partial charge >= 0.3 is 5.69 Å². The Morgan fingerprint density at radius 3 is 2.57 bits per heavy atom. The molecule has 0 bridgehead atoms. The van der Waals surface area contributed by atoms with Crippen molar-refractivity contribution in [3.05, 3.63) is 94.3 Å².